The van der Waals surface area contributed by atoms with Crippen molar-refractivity contribution in [2.45, 2.75) is 52.2 Å². The number of hydrogen-bond acceptors (Lipinski definition) is 3. The molecule has 0 bridgehead atoms. The van der Waals surface area contributed by atoms with Crippen LogP contribution in [-0.2, 0) is 11.4 Å². The van der Waals surface area contributed by atoms with E-state index in [0.29, 0.717) is 13.1 Å². The number of carboxylic acid groups (broad SMARTS) is 1. The third-order valence-corrected chi connectivity index (χ3v) is 5.32. The molecule has 0 aromatic rings. The monoisotopic (exact) mass is 302 g/mol. The van der Waals surface area contributed by atoms with E-state index in [2.05, 4.69) is 11.3 Å². The van der Waals surface area contributed by atoms with E-state index in [9.17, 15) is 9.35 Å². The van der Waals surface area contributed by atoms with E-state index in [4.69, 9.17) is 5.11 Å². The second-order valence-corrected chi connectivity index (χ2v) is 8.29. The van der Waals surface area contributed by atoms with E-state index in [1.807, 2.05) is 27.7 Å². The Morgan fingerprint density at radius 2 is 2.10 bits per heavy atom. The van der Waals surface area contributed by atoms with Crippen LogP contribution in [0.2, 0.25) is 0 Å². The van der Waals surface area contributed by atoms with Gasteiger partial charge in [0.05, 0.1) is 5.71 Å². The largest absolute Gasteiger partial charge is 0.591 e. The quantitative estimate of drug-likeness (QED) is 0.643. The number of rotatable bonds is 3. The summed E-state index contributed by atoms with van der Waals surface area (Å²) in [5, 5.41) is 9.08. The van der Waals surface area contributed by atoms with E-state index in [-0.39, 0.29) is 16.6 Å². The van der Waals surface area contributed by atoms with Gasteiger partial charge in [-0.2, -0.15) is 0 Å². The van der Waals surface area contributed by atoms with E-state index >= 15 is 0 Å². The fraction of sp³-hybridized carbons (Fsp3) is 0.857. The van der Waals surface area contributed by atoms with E-state index in [1.165, 1.54) is 4.90 Å². The molecule has 20 heavy (non-hydrogen) atoms. The van der Waals surface area contributed by atoms with Gasteiger partial charge in [-0.05, 0) is 40.0 Å². The fourth-order valence-corrected chi connectivity index (χ4v) is 3.18. The summed E-state index contributed by atoms with van der Waals surface area (Å²) in [7, 11) is 0. The van der Waals surface area contributed by atoms with Crippen LogP contribution >= 0.6 is 0 Å². The molecule has 1 saturated heterocycles. The maximum atomic E-state index is 12.1. The highest BCUT2D eigenvalue weighted by molar-refractivity contribution is 7.91. The van der Waals surface area contributed by atoms with Gasteiger partial charge < -0.3 is 14.6 Å². The third-order valence-electron chi connectivity index (χ3n) is 3.82. The van der Waals surface area contributed by atoms with Crippen molar-refractivity contribution in [1.29, 1.82) is 0 Å². The Morgan fingerprint density at radius 3 is 2.55 bits per heavy atom. The zero-order valence-electron chi connectivity index (χ0n) is 13.0. The molecule has 1 aliphatic rings. The molecule has 0 unspecified atom stereocenters. The van der Waals surface area contributed by atoms with Gasteiger partial charge in [-0.15, -0.1) is 0 Å². The second kappa shape index (κ2) is 6.80. The molecule has 1 amide bonds. The van der Waals surface area contributed by atoms with Gasteiger partial charge >= 0.3 is 6.09 Å². The third kappa shape index (κ3) is 4.38. The van der Waals surface area contributed by atoms with Crippen LogP contribution < -0.4 is 0 Å². The number of amides is 1. The topological polar surface area (TPSA) is 76.0 Å². The normalized spacial score (nSPS) is 26.5. The van der Waals surface area contributed by atoms with Crippen molar-refractivity contribution in [3.05, 3.63) is 0 Å². The fourth-order valence-electron chi connectivity index (χ4n) is 2.50. The summed E-state index contributed by atoms with van der Waals surface area (Å²) in [6.45, 7) is 10.8. The molecule has 116 valence electrons. The van der Waals surface area contributed by atoms with Crippen molar-refractivity contribution >= 4 is 23.2 Å². The minimum absolute atomic E-state index is 0.238. The summed E-state index contributed by atoms with van der Waals surface area (Å²) in [4.78, 5) is 12.5. The molecule has 0 aromatic carbocycles. The van der Waals surface area contributed by atoms with Crippen molar-refractivity contribution in [1.82, 2.24) is 4.90 Å². The first-order chi connectivity index (χ1) is 9.16. The van der Waals surface area contributed by atoms with Gasteiger partial charge in [-0.25, -0.2) is 4.79 Å². The Morgan fingerprint density at radius 1 is 1.50 bits per heavy atom. The minimum atomic E-state index is -1.25. The molecular formula is C14H26N2O3S. The molecule has 1 fully saturated rings. The second-order valence-electron chi connectivity index (χ2n) is 6.39. The van der Waals surface area contributed by atoms with Gasteiger partial charge in [0.25, 0.3) is 0 Å². The average Bonchev–Trinajstić information content (AvgIpc) is 2.36. The van der Waals surface area contributed by atoms with Gasteiger partial charge in [0, 0.05) is 19.0 Å². The van der Waals surface area contributed by atoms with Gasteiger partial charge in [0.1, 0.15) is 16.1 Å². The number of carbonyl (C=O) groups is 1. The predicted octanol–water partition coefficient (Wildman–Crippen LogP) is 2.94. The first-order valence-electron chi connectivity index (χ1n) is 7.11. The molecule has 1 heterocycles. The lowest BCUT2D eigenvalue weighted by Crippen LogP contribution is -2.45. The molecule has 6 heteroatoms. The van der Waals surface area contributed by atoms with Gasteiger partial charge in [-0.1, -0.05) is 17.7 Å². The Balaban J connectivity index is 2.80. The maximum Gasteiger partial charge on any atom is 0.407 e. The highest BCUT2D eigenvalue weighted by Crippen LogP contribution is 2.29. The minimum Gasteiger partial charge on any atom is -0.591 e. The molecule has 0 radical (unpaired) electrons. The van der Waals surface area contributed by atoms with Crippen LogP contribution in [0.4, 0.5) is 4.79 Å². The summed E-state index contributed by atoms with van der Waals surface area (Å²) in [6, 6.07) is 0. The molecule has 0 aromatic heterocycles. The van der Waals surface area contributed by atoms with Crippen LogP contribution in [0.3, 0.4) is 0 Å². The van der Waals surface area contributed by atoms with E-state index in [1.54, 1.807) is 0 Å². The molecule has 1 N–H and O–H groups in total. The summed E-state index contributed by atoms with van der Waals surface area (Å²) in [5.41, 5.74) is 0.898. The molecule has 0 saturated carbocycles. The molecule has 1 aliphatic heterocycles. The number of hydrogen-bond donors (Lipinski definition) is 1. The van der Waals surface area contributed by atoms with Crippen LogP contribution in [0.5, 0.6) is 0 Å². The lowest BCUT2D eigenvalue weighted by atomic mass is 9.81. The first-order valence-corrected chi connectivity index (χ1v) is 8.22. The summed E-state index contributed by atoms with van der Waals surface area (Å²) in [5.74, 6) is 0.502. The van der Waals surface area contributed by atoms with Crippen molar-refractivity contribution < 1.29 is 14.5 Å². The Hall–Kier alpha value is -0.750. The predicted molar refractivity (Wildman–Crippen MR) is 82.5 cm³/mol. The Kier molecular flexibility index (Phi) is 5.89. The highest BCUT2D eigenvalue weighted by atomic mass is 32.2. The van der Waals surface area contributed by atoms with Gasteiger partial charge in [0.15, 0.2) is 0 Å². The van der Waals surface area contributed by atoms with Crippen molar-refractivity contribution in [3.63, 3.8) is 0 Å². The summed E-state index contributed by atoms with van der Waals surface area (Å²) >= 11 is -1.25. The lowest BCUT2D eigenvalue weighted by molar-refractivity contribution is 0.109. The molecule has 1 rings (SSSR count). The SMILES string of the molecule is CC[C@H]1CN(C(=O)O)CC[C@H]1/C(C)=N/[S@+]([O-])C(C)(C)C. The van der Waals surface area contributed by atoms with Crippen molar-refractivity contribution in [2.75, 3.05) is 13.1 Å². The summed E-state index contributed by atoms with van der Waals surface area (Å²) < 4.78 is 16.1. The molecule has 0 aliphatic carbocycles. The lowest BCUT2D eigenvalue weighted by Gasteiger charge is -2.36. The van der Waals surface area contributed by atoms with Crippen LogP contribution in [0.25, 0.3) is 0 Å². The van der Waals surface area contributed by atoms with Crippen LogP contribution in [0.1, 0.15) is 47.5 Å². The zero-order chi connectivity index (χ0) is 15.5. The van der Waals surface area contributed by atoms with Crippen LogP contribution in [0.15, 0.2) is 4.40 Å². The number of likely N-dealkylation sites (tertiary alicyclic amines) is 1. The number of piperidine rings is 1. The summed E-state index contributed by atoms with van der Waals surface area (Å²) in [6.07, 6.45) is 0.819. The Labute approximate surface area is 124 Å². The number of nitrogens with zero attached hydrogens (tertiary/aromatic N) is 2. The smallest absolute Gasteiger partial charge is 0.407 e. The molecule has 0 spiro atoms. The maximum absolute atomic E-state index is 12.1. The van der Waals surface area contributed by atoms with Gasteiger partial charge in [-0.3, -0.25) is 0 Å². The molecule has 3 atom stereocenters. The molecule has 5 nitrogen and oxygen atoms in total. The van der Waals surface area contributed by atoms with E-state index < -0.39 is 17.5 Å². The molecular weight excluding hydrogens is 276 g/mol. The standard InChI is InChI=1S/C14H26N2O3S/c1-6-11-9-16(13(17)18)8-7-12(11)10(2)15-20(19)14(3,4)5/h11-12H,6-9H2,1-5H3,(H,17,18)/b15-10+/t11-,12-,20+/m0/s1. The zero-order valence-corrected chi connectivity index (χ0v) is 13.9. The highest BCUT2D eigenvalue weighted by Gasteiger charge is 2.34. The van der Waals surface area contributed by atoms with Crippen LogP contribution in [-0.4, -0.2) is 44.2 Å². The van der Waals surface area contributed by atoms with Crippen molar-refractivity contribution in [2.24, 2.45) is 16.2 Å². The Bertz CT molecular complexity index is 379. The van der Waals surface area contributed by atoms with Crippen molar-refractivity contribution in [3.8, 4) is 0 Å². The first kappa shape index (κ1) is 17.3. The van der Waals surface area contributed by atoms with Crippen LogP contribution in [0, 0.1) is 11.8 Å². The average molecular weight is 302 g/mol. The van der Waals surface area contributed by atoms with Gasteiger partial charge in [0.2, 0.25) is 0 Å². The van der Waals surface area contributed by atoms with E-state index in [0.717, 1.165) is 18.6 Å².